The molecule has 0 spiro atoms. The number of hydrogen-bond acceptors (Lipinski definition) is 11. The number of nitrogens with one attached hydrogen (secondary N) is 2. The van der Waals surface area contributed by atoms with Crippen LogP contribution in [0.2, 0.25) is 5.02 Å². The molecule has 0 aliphatic carbocycles. The van der Waals surface area contributed by atoms with E-state index in [4.69, 9.17) is 30.5 Å². The van der Waals surface area contributed by atoms with Crippen molar-refractivity contribution in [2.75, 3.05) is 39.8 Å². The molecule has 3 amide bonds. The van der Waals surface area contributed by atoms with Gasteiger partial charge < -0.3 is 44.3 Å². The molecule has 3 heterocycles. The number of likely N-dealkylation sites (N-methyl/N-ethyl adjacent to an activating group) is 1. The number of methoxy groups -OCH3 is 2. The molecular weight excluding hydrogens is 768 g/mol. The van der Waals surface area contributed by atoms with E-state index in [0.29, 0.717) is 30.0 Å². The Labute approximate surface area is 345 Å². The minimum absolute atomic E-state index is 0.120. The van der Waals surface area contributed by atoms with E-state index in [0.717, 1.165) is 35.2 Å². The number of alkyl carbamates (subject to hydrolysis) is 1. The number of esters is 1. The number of ether oxygens (including phenoxy) is 4. The Morgan fingerprint density at radius 1 is 1.12 bits per heavy atom. The van der Waals surface area contributed by atoms with Gasteiger partial charge in [0.25, 0.3) is 5.91 Å². The van der Waals surface area contributed by atoms with Gasteiger partial charge in [-0.25, -0.2) is 9.59 Å². The van der Waals surface area contributed by atoms with E-state index in [2.05, 4.69) is 10.6 Å². The number of carbonyl (C=O) groups is 4. The Bertz CT molecular complexity index is 1950. The highest BCUT2D eigenvalue weighted by Crippen LogP contribution is 2.40. The fourth-order valence-corrected chi connectivity index (χ4v) is 8.14. The van der Waals surface area contributed by atoms with Crippen molar-refractivity contribution >= 4 is 41.2 Å². The molecular formula is C43H57ClN4O10. The first-order valence-corrected chi connectivity index (χ1v) is 19.9. The van der Waals surface area contributed by atoms with E-state index in [1.807, 2.05) is 25.1 Å². The third kappa shape index (κ3) is 9.52. The van der Waals surface area contributed by atoms with Gasteiger partial charge in [0.05, 0.1) is 19.2 Å². The maximum Gasteiger partial charge on any atom is 0.409 e. The third-order valence-electron chi connectivity index (χ3n) is 12.1. The average Bonchev–Trinajstić information content (AvgIpc) is 3.19. The molecule has 0 radical (unpaired) electrons. The number of allylic oxidation sites excluding steroid dienone is 3. The van der Waals surface area contributed by atoms with Gasteiger partial charge >= 0.3 is 12.1 Å². The Balaban J connectivity index is 1.53. The Morgan fingerprint density at radius 3 is 2.53 bits per heavy atom. The molecule has 2 aromatic rings. The molecule has 4 bridgehead atoms. The van der Waals surface area contributed by atoms with Gasteiger partial charge in [0.2, 0.25) is 5.91 Å². The normalized spacial score (nSPS) is 30.1. The van der Waals surface area contributed by atoms with Gasteiger partial charge in [-0.1, -0.05) is 55.3 Å². The molecule has 14 nitrogen and oxygen atoms in total. The van der Waals surface area contributed by atoms with Crippen LogP contribution in [0.25, 0.3) is 0 Å². The molecule has 2 aromatic carbocycles. The predicted molar refractivity (Wildman–Crippen MR) is 219 cm³/mol. The standard InChI is InChI=1S/C43H57ClN4O10/c1-24-11-10-12-35(56-9)43(54)22-34(57-41(52)46-43)25(2)26(3)42(5,53)36(21-37(49)48(7)32-18-28(17-24)19-33(55-8)38(32)44)58-40(51)27(4)47(6)39(50)30-13-14-31-23-45-16-15-29(31)20-30/h10-14,18-20,25-27,34-36,45,53-54H,15-17,21-23H2,1-9H3,(H,46,52)/b12-10+,24-11+/t25-,26-,27-,34-,35+,36-,42+,43-/m0/s1. The van der Waals surface area contributed by atoms with Crippen LogP contribution in [0.5, 0.6) is 5.75 Å². The third-order valence-corrected chi connectivity index (χ3v) is 12.5. The summed E-state index contributed by atoms with van der Waals surface area (Å²) in [4.78, 5) is 57.6. The molecule has 4 N–H and O–H groups in total. The summed E-state index contributed by atoms with van der Waals surface area (Å²) in [6, 6.07) is 7.88. The second-order valence-electron chi connectivity index (χ2n) is 16.0. The van der Waals surface area contributed by atoms with Crippen molar-refractivity contribution < 1.29 is 48.3 Å². The monoisotopic (exact) mass is 824 g/mol. The number of aliphatic hydroxyl groups is 2. The maximum atomic E-state index is 14.3. The number of amides is 3. The molecule has 5 rings (SSSR count). The zero-order valence-corrected chi connectivity index (χ0v) is 35.5. The van der Waals surface area contributed by atoms with Crippen molar-refractivity contribution in [1.82, 2.24) is 15.5 Å². The summed E-state index contributed by atoms with van der Waals surface area (Å²) in [5.41, 5.74) is 0.768. The number of nitrogens with zero attached hydrogens (tertiary/aromatic N) is 2. The number of rotatable bonds is 6. The van der Waals surface area contributed by atoms with Gasteiger partial charge in [-0.05, 0) is 92.9 Å². The highest BCUT2D eigenvalue weighted by Gasteiger charge is 2.51. The molecule has 58 heavy (non-hydrogen) atoms. The summed E-state index contributed by atoms with van der Waals surface area (Å²) in [5, 5.41) is 30.3. The van der Waals surface area contributed by atoms with E-state index < -0.39 is 77.8 Å². The number of fused-ring (bicyclic) bond motifs is 5. The second-order valence-corrected chi connectivity index (χ2v) is 16.4. The molecule has 3 aliphatic rings. The van der Waals surface area contributed by atoms with Crippen LogP contribution in [0, 0.1) is 11.8 Å². The van der Waals surface area contributed by atoms with Crippen LogP contribution in [-0.2, 0) is 43.2 Å². The minimum atomic E-state index is -1.94. The predicted octanol–water partition coefficient (Wildman–Crippen LogP) is 4.70. The maximum absolute atomic E-state index is 14.3. The van der Waals surface area contributed by atoms with Crippen LogP contribution < -0.4 is 20.3 Å². The van der Waals surface area contributed by atoms with Crippen molar-refractivity contribution in [3.63, 3.8) is 0 Å². The molecule has 316 valence electrons. The van der Waals surface area contributed by atoms with Crippen molar-refractivity contribution in [3.05, 3.63) is 81.4 Å². The average molecular weight is 825 g/mol. The summed E-state index contributed by atoms with van der Waals surface area (Å²) in [7, 11) is 5.91. The van der Waals surface area contributed by atoms with E-state index >= 15 is 0 Å². The SMILES string of the molecule is COc1cc2cc(c1Cl)N(C)C(=O)C[C@H](OC(=O)[C@H](C)N(C)C(=O)c1ccc3c(c1)CCNC3)[C@](C)(O)[C@@H](C)[C@H](C)[C@@H]1C[C@@](O)(NC(=O)O1)[C@H](OC)/C=C/C=C(\C)C2. The fraction of sp³-hybridized carbons (Fsp3) is 0.535. The highest BCUT2D eigenvalue weighted by atomic mass is 35.5. The van der Waals surface area contributed by atoms with E-state index in [1.54, 1.807) is 44.2 Å². The van der Waals surface area contributed by atoms with Crippen LogP contribution in [0.3, 0.4) is 0 Å². The number of anilines is 1. The van der Waals surface area contributed by atoms with E-state index in [-0.39, 0.29) is 11.4 Å². The van der Waals surface area contributed by atoms with Crippen molar-refractivity contribution in [2.45, 2.75) is 103 Å². The van der Waals surface area contributed by atoms with Gasteiger partial charge in [0.15, 0.2) is 5.72 Å². The van der Waals surface area contributed by atoms with E-state index in [1.165, 1.54) is 52.0 Å². The first-order chi connectivity index (χ1) is 27.3. The number of carbonyl (C=O) groups excluding carboxylic acids is 4. The molecule has 8 atom stereocenters. The quantitative estimate of drug-likeness (QED) is 0.297. The number of hydrogen-bond donors (Lipinski definition) is 4. The topological polar surface area (TPSA) is 176 Å². The molecule has 15 heteroatoms. The summed E-state index contributed by atoms with van der Waals surface area (Å²) in [5.74, 6) is -2.93. The molecule has 1 fully saturated rings. The fourth-order valence-electron chi connectivity index (χ4n) is 7.82. The molecule has 3 aliphatic heterocycles. The summed E-state index contributed by atoms with van der Waals surface area (Å²) < 4.78 is 23.0. The Kier molecular flexibility index (Phi) is 14.0. The summed E-state index contributed by atoms with van der Waals surface area (Å²) >= 11 is 6.79. The lowest BCUT2D eigenvalue weighted by Crippen LogP contribution is -2.64. The summed E-state index contributed by atoms with van der Waals surface area (Å²) in [6.45, 7) is 9.81. The zero-order valence-electron chi connectivity index (χ0n) is 34.8. The number of halogens is 1. The molecule has 0 saturated carbocycles. The van der Waals surface area contributed by atoms with E-state index in [9.17, 15) is 29.4 Å². The van der Waals surface area contributed by atoms with Crippen LogP contribution in [0.15, 0.2) is 54.1 Å². The van der Waals surface area contributed by atoms with Gasteiger partial charge in [0, 0.05) is 39.7 Å². The van der Waals surface area contributed by atoms with Crippen LogP contribution >= 0.6 is 11.6 Å². The lowest BCUT2D eigenvalue weighted by molar-refractivity contribution is -0.185. The largest absolute Gasteiger partial charge is 0.495 e. The first kappa shape index (κ1) is 44.6. The lowest BCUT2D eigenvalue weighted by atomic mass is 9.73. The zero-order chi connectivity index (χ0) is 42.7. The minimum Gasteiger partial charge on any atom is -0.495 e. The van der Waals surface area contributed by atoms with Crippen molar-refractivity contribution in [1.29, 1.82) is 0 Å². The molecule has 0 unspecified atom stereocenters. The number of benzene rings is 2. The lowest BCUT2D eigenvalue weighted by Gasteiger charge is -2.46. The van der Waals surface area contributed by atoms with Crippen molar-refractivity contribution in [2.24, 2.45) is 11.8 Å². The highest BCUT2D eigenvalue weighted by molar-refractivity contribution is 6.35. The van der Waals surface area contributed by atoms with Gasteiger partial charge in [-0.3, -0.25) is 14.9 Å². The van der Waals surface area contributed by atoms with Crippen LogP contribution in [0.4, 0.5) is 10.5 Å². The first-order valence-electron chi connectivity index (χ1n) is 19.5. The van der Waals surface area contributed by atoms with Gasteiger partial charge in [0.1, 0.15) is 40.7 Å². The van der Waals surface area contributed by atoms with Gasteiger partial charge in [-0.15, -0.1) is 0 Å². The molecule has 0 aromatic heterocycles. The van der Waals surface area contributed by atoms with Crippen molar-refractivity contribution in [3.8, 4) is 5.75 Å². The van der Waals surface area contributed by atoms with Crippen LogP contribution in [-0.4, -0.2) is 110 Å². The smallest absolute Gasteiger partial charge is 0.409 e. The Hall–Kier alpha value is -4.47. The summed E-state index contributed by atoms with van der Waals surface area (Å²) in [6.07, 6.45) is 1.49. The molecule has 1 saturated heterocycles. The second kappa shape index (κ2) is 18.2. The van der Waals surface area contributed by atoms with Crippen LogP contribution in [0.1, 0.15) is 74.5 Å². The van der Waals surface area contributed by atoms with Gasteiger partial charge in [-0.2, -0.15) is 0 Å². The Morgan fingerprint density at radius 2 is 1.84 bits per heavy atom.